The predicted molar refractivity (Wildman–Crippen MR) is 88.6 cm³/mol. The van der Waals surface area contributed by atoms with Gasteiger partial charge in [-0.15, -0.1) is 0 Å². The van der Waals surface area contributed by atoms with E-state index in [1.807, 2.05) is 30.3 Å². The predicted octanol–water partition coefficient (Wildman–Crippen LogP) is 5.51. The summed E-state index contributed by atoms with van der Waals surface area (Å²) in [5.41, 5.74) is 0.995. The van der Waals surface area contributed by atoms with Gasteiger partial charge < -0.3 is 9.05 Å². The Morgan fingerprint density at radius 1 is 0.905 bits per heavy atom. The molecular weight excluding hydrogens is 283 g/mol. The summed E-state index contributed by atoms with van der Waals surface area (Å²) in [5.74, 6) is 1.07. The van der Waals surface area contributed by atoms with E-state index in [1.165, 1.54) is 0 Å². The molecular formula is C17H29O3P. The van der Waals surface area contributed by atoms with Crippen molar-refractivity contribution in [2.45, 2.75) is 46.7 Å². The van der Waals surface area contributed by atoms with E-state index in [1.54, 1.807) is 0 Å². The van der Waals surface area contributed by atoms with Crippen molar-refractivity contribution in [3.05, 3.63) is 35.9 Å². The lowest BCUT2D eigenvalue weighted by molar-refractivity contribution is 0.188. The Kier molecular flexibility index (Phi) is 8.24. The van der Waals surface area contributed by atoms with Gasteiger partial charge in [0.25, 0.3) is 0 Å². The van der Waals surface area contributed by atoms with Crippen molar-refractivity contribution in [3.8, 4) is 0 Å². The van der Waals surface area contributed by atoms with Gasteiger partial charge in [-0.2, -0.15) is 0 Å². The maximum Gasteiger partial charge on any atom is 0.335 e. The highest BCUT2D eigenvalue weighted by molar-refractivity contribution is 7.53. The smallest absolute Gasteiger partial charge is 0.308 e. The molecule has 21 heavy (non-hydrogen) atoms. The van der Waals surface area contributed by atoms with Gasteiger partial charge in [-0.25, -0.2) is 0 Å². The summed E-state index contributed by atoms with van der Waals surface area (Å²) in [6.07, 6.45) is 2.14. The molecule has 0 unspecified atom stereocenters. The average Bonchev–Trinajstić information content (AvgIpc) is 2.38. The third-order valence-electron chi connectivity index (χ3n) is 3.19. The van der Waals surface area contributed by atoms with Gasteiger partial charge in [-0.05, 0) is 30.2 Å². The quantitative estimate of drug-likeness (QED) is 0.535. The van der Waals surface area contributed by atoms with Gasteiger partial charge in [0.15, 0.2) is 0 Å². The Balaban J connectivity index is 2.61. The van der Waals surface area contributed by atoms with Gasteiger partial charge in [0.1, 0.15) is 0 Å². The molecule has 1 aromatic rings. The Morgan fingerprint density at radius 3 is 1.81 bits per heavy atom. The Labute approximate surface area is 129 Å². The Morgan fingerprint density at radius 2 is 1.38 bits per heavy atom. The van der Waals surface area contributed by atoms with Crippen molar-refractivity contribution in [3.63, 3.8) is 0 Å². The van der Waals surface area contributed by atoms with Gasteiger partial charge in [-0.3, -0.25) is 4.57 Å². The second kappa shape index (κ2) is 9.40. The van der Waals surface area contributed by atoms with E-state index >= 15 is 0 Å². The van der Waals surface area contributed by atoms with Gasteiger partial charge >= 0.3 is 7.60 Å². The molecule has 3 nitrogen and oxygen atoms in total. The topological polar surface area (TPSA) is 35.5 Å². The van der Waals surface area contributed by atoms with Crippen LogP contribution in [0, 0.1) is 11.8 Å². The van der Waals surface area contributed by atoms with E-state index in [0.29, 0.717) is 31.2 Å². The zero-order valence-electron chi connectivity index (χ0n) is 13.7. The number of hydrogen-bond donors (Lipinski definition) is 0. The summed E-state index contributed by atoms with van der Waals surface area (Å²) in [4.78, 5) is 0. The average molecular weight is 312 g/mol. The first-order valence-corrected chi connectivity index (χ1v) is 9.56. The highest BCUT2D eigenvalue weighted by Crippen LogP contribution is 2.51. The van der Waals surface area contributed by atoms with E-state index in [4.69, 9.17) is 9.05 Å². The van der Waals surface area contributed by atoms with Crippen LogP contribution < -0.4 is 0 Å². The lowest BCUT2D eigenvalue weighted by Crippen LogP contribution is -2.05. The monoisotopic (exact) mass is 312 g/mol. The summed E-state index contributed by atoms with van der Waals surface area (Å²) in [6, 6.07) is 9.77. The highest BCUT2D eigenvalue weighted by atomic mass is 31.2. The van der Waals surface area contributed by atoms with E-state index in [2.05, 4.69) is 27.7 Å². The van der Waals surface area contributed by atoms with Crippen LogP contribution in [0.25, 0.3) is 0 Å². The van der Waals surface area contributed by atoms with Crippen molar-refractivity contribution in [1.29, 1.82) is 0 Å². The zero-order valence-corrected chi connectivity index (χ0v) is 14.6. The van der Waals surface area contributed by atoms with Crippen LogP contribution >= 0.6 is 7.60 Å². The summed E-state index contributed by atoms with van der Waals surface area (Å²) < 4.78 is 24.2. The van der Waals surface area contributed by atoms with Gasteiger partial charge in [0.05, 0.1) is 19.4 Å². The summed E-state index contributed by atoms with van der Waals surface area (Å²) in [5, 5.41) is 0. The Bertz CT molecular complexity index is 411. The van der Waals surface area contributed by atoms with Crippen molar-refractivity contribution in [2.75, 3.05) is 13.2 Å². The van der Waals surface area contributed by atoms with Crippen molar-refractivity contribution < 1.29 is 13.6 Å². The van der Waals surface area contributed by atoms with E-state index < -0.39 is 7.60 Å². The van der Waals surface area contributed by atoms with E-state index in [9.17, 15) is 4.57 Å². The van der Waals surface area contributed by atoms with Crippen LogP contribution in [0.1, 0.15) is 46.1 Å². The standard InChI is InChI=1S/C17H29O3P/c1-15(2)10-12-19-21(18,20-13-11-16(3)4)14-17-8-6-5-7-9-17/h5-9,15-16H,10-14H2,1-4H3. The van der Waals surface area contributed by atoms with Crippen LogP contribution in [0.5, 0.6) is 0 Å². The minimum absolute atomic E-state index is 0.351. The van der Waals surface area contributed by atoms with E-state index in [0.717, 1.165) is 18.4 Å². The molecule has 0 saturated heterocycles. The van der Waals surface area contributed by atoms with Crippen molar-refractivity contribution >= 4 is 7.60 Å². The van der Waals surface area contributed by atoms with Crippen LogP contribution in [-0.4, -0.2) is 13.2 Å². The first kappa shape index (κ1) is 18.4. The maximum absolute atomic E-state index is 12.9. The molecule has 0 aromatic heterocycles. The summed E-state index contributed by atoms with van der Waals surface area (Å²) in [7, 11) is -3.05. The van der Waals surface area contributed by atoms with Crippen molar-refractivity contribution in [1.82, 2.24) is 0 Å². The number of hydrogen-bond acceptors (Lipinski definition) is 3. The fraction of sp³-hybridized carbons (Fsp3) is 0.647. The lowest BCUT2D eigenvalue weighted by Gasteiger charge is -2.20. The van der Waals surface area contributed by atoms with Gasteiger partial charge in [-0.1, -0.05) is 58.0 Å². The second-order valence-electron chi connectivity index (χ2n) is 6.29. The molecule has 1 aromatic carbocycles. The van der Waals surface area contributed by atoms with Gasteiger partial charge in [0.2, 0.25) is 0 Å². The summed E-state index contributed by atoms with van der Waals surface area (Å²) >= 11 is 0. The molecule has 0 heterocycles. The van der Waals surface area contributed by atoms with E-state index in [-0.39, 0.29) is 0 Å². The minimum Gasteiger partial charge on any atom is -0.308 e. The molecule has 0 saturated carbocycles. The molecule has 120 valence electrons. The van der Waals surface area contributed by atoms with Crippen LogP contribution in [0.4, 0.5) is 0 Å². The molecule has 0 spiro atoms. The number of benzene rings is 1. The van der Waals surface area contributed by atoms with Crippen LogP contribution in [0.15, 0.2) is 30.3 Å². The molecule has 0 aliphatic rings. The fourth-order valence-corrected chi connectivity index (χ4v) is 3.47. The zero-order chi connectivity index (χ0) is 15.7. The third kappa shape index (κ3) is 8.40. The molecule has 0 N–H and O–H groups in total. The van der Waals surface area contributed by atoms with Crippen LogP contribution in [0.2, 0.25) is 0 Å². The molecule has 4 heteroatoms. The molecule has 0 aliphatic carbocycles. The highest BCUT2D eigenvalue weighted by Gasteiger charge is 2.25. The van der Waals surface area contributed by atoms with Crippen molar-refractivity contribution in [2.24, 2.45) is 11.8 Å². The fourth-order valence-electron chi connectivity index (χ4n) is 1.79. The third-order valence-corrected chi connectivity index (χ3v) is 5.09. The van der Waals surface area contributed by atoms with Crippen LogP contribution in [0.3, 0.4) is 0 Å². The van der Waals surface area contributed by atoms with Crippen LogP contribution in [-0.2, 0) is 19.8 Å². The normalized spacial score (nSPS) is 12.3. The molecule has 0 amide bonds. The largest absolute Gasteiger partial charge is 0.335 e. The summed E-state index contributed by atoms with van der Waals surface area (Å²) in [6.45, 7) is 9.50. The molecule has 0 aliphatic heterocycles. The Hall–Kier alpha value is -0.630. The second-order valence-corrected chi connectivity index (χ2v) is 8.34. The first-order valence-electron chi connectivity index (χ1n) is 7.83. The number of rotatable bonds is 10. The molecule has 0 fully saturated rings. The molecule has 1 rings (SSSR count). The van der Waals surface area contributed by atoms with Gasteiger partial charge in [0, 0.05) is 0 Å². The molecule has 0 radical (unpaired) electrons. The first-order chi connectivity index (χ1) is 9.91. The SMILES string of the molecule is CC(C)CCOP(=O)(Cc1ccccc1)OCCC(C)C. The molecule has 0 atom stereocenters. The maximum atomic E-state index is 12.9. The minimum atomic E-state index is -3.05. The molecule has 0 bridgehead atoms. The lowest BCUT2D eigenvalue weighted by atomic mass is 10.2.